The Kier molecular flexibility index (Phi) is 12.9. The van der Waals surface area contributed by atoms with Crippen molar-refractivity contribution in [2.24, 2.45) is 5.11 Å². The maximum atomic E-state index is 12.9. The lowest BCUT2D eigenvalue weighted by molar-refractivity contribution is -0.123. The zero-order valence-electron chi connectivity index (χ0n) is 24.1. The van der Waals surface area contributed by atoms with Crippen molar-refractivity contribution in [2.45, 2.75) is 51.0 Å². The van der Waals surface area contributed by atoms with Crippen molar-refractivity contribution in [3.05, 3.63) is 88.2 Å². The second-order valence-electron chi connectivity index (χ2n) is 10.5. The van der Waals surface area contributed by atoms with E-state index < -0.39 is 0 Å². The maximum Gasteiger partial charge on any atom is 0.251 e. The molecule has 2 aliphatic rings. The fraction of sp³-hybridized carbons (Fsp3) is 0.323. The topological polar surface area (TPSA) is 166 Å². The average Bonchev–Trinajstić information content (AvgIpc) is 2.99. The number of nitrogens with one attached hydrogen (secondary N) is 3. The van der Waals surface area contributed by atoms with Crippen LogP contribution in [0.25, 0.3) is 10.4 Å². The summed E-state index contributed by atoms with van der Waals surface area (Å²) in [7, 11) is 0. The van der Waals surface area contributed by atoms with E-state index in [0.717, 1.165) is 14.7 Å². The van der Waals surface area contributed by atoms with Crippen LogP contribution in [0.5, 0.6) is 17.2 Å². The quantitative estimate of drug-likeness (QED) is 0.0642. The second kappa shape index (κ2) is 16.8. The highest BCUT2D eigenvalue weighted by Gasteiger charge is 2.19. The molecule has 14 heteroatoms. The van der Waals surface area contributed by atoms with E-state index in [1.807, 2.05) is 12.1 Å². The molecule has 11 nitrogen and oxygen atoms in total. The summed E-state index contributed by atoms with van der Waals surface area (Å²) < 4.78 is 8.01. The van der Waals surface area contributed by atoms with E-state index in [-0.39, 0.29) is 53.8 Å². The van der Waals surface area contributed by atoms with E-state index >= 15 is 0 Å². The molecule has 0 saturated heterocycles. The van der Waals surface area contributed by atoms with Crippen molar-refractivity contribution >= 4 is 77.9 Å². The third-order valence-electron chi connectivity index (χ3n) is 7.10. The van der Waals surface area contributed by atoms with Gasteiger partial charge in [-0.25, -0.2) is 0 Å². The van der Waals surface area contributed by atoms with Gasteiger partial charge in [-0.15, -0.1) is 0 Å². The Labute approximate surface area is 290 Å². The van der Waals surface area contributed by atoms with Crippen LogP contribution >= 0.6 is 54.5 Å². The minimum Gasteiger partial charge on any atom is -0.503 e. The molecule has 45 heavy (non-hydrogen) atoms. The summed E-state index contributed by atoms with van der Waals surface area (Å²) in [5.41, 5.74) is 11.1. The third kappa shape index (κ3) is 10.3. The number of hydrogen-bond donors (Lipinski definition) is 4. The Bertz CT molecular complexity index is 1630. The number of carbonyl (C=O) groups excluding carboxylic acids is 3. The summed E-state index contributed by atoms with van der Waals surface area (Å²) in [6.07, 6.45) is 3.17. The van der Waals surface area contributed by atoms with Gasteiger partial charge in [-0.2, -0.15) is 0 Å². The first-order valence-corrected chi connectivity index (χ1v) is 17.0. The van der Waals surface area contributed by atoms with Crippen molar-refractivity contribution in [3.63, 3.8) is 0 Å². The fourth-order valence-electron chi connectivity index (χ4n) is 4.81. The minimum absolute atomic E-state index is 0.0278. The minimum atomic E-state index is -0.378. The molecule has 1 atom stereocenters. The number of fused-ring (bicyclic) bond motifs is 11. The van der Waals surface area contributed by atoms with E-state index in [1.165, 1.54) is 0 Å². The molecule has 5 rings (SSSR count). The molecule has 0 fully saturated rings. The van der Waals surface area contributed by atoms with Crippen LogP contribution < -0.4 is 20.7 Å². The second-order valence-corrected chi connectivity index (χ2v) is 13.4. The lowest BCUT2D eigenvalue weighted by Crippen LogP contribution is -2.39. The molecule has 236 valence electrons. The van der Waals surface area contributed by atoms with Gasteiger partial charge in [-0.1, -0.05) is 17.2 Å². The first kappa shape index (κ1) is 34.5. The Morgan fingerprint density at radius 2 is 1.82 bits per heavy atom. The first-order valence-electron chi connectivity index (χ1n) is 14.3. The summed E-state index contributed by atoms with van der Waals surface area (Å²) in [4.78, 5) is 41.3. The van der Waals surface area contributed by atoms with Gasteiger partial charge in [0.1, 0.15) is 5.75 Å². The molecular formula is C31H31Br2IN6O5. The molecule has 0 spiro atoms. The molecular weight excluding hydrogens is 823 g/mol. The molecule has 0 radical (unpaired) electrons. The number of rotatable bonds is 7. The van der Waals surface area contributed by atoms with Crippen LogP contribution in [0.15, 0.2) is 62.6 Å². The summed E-state index contributed by atoms with van der Waals surface area (Å²) >= 11 is 9.01. The van der Waals surface area contributed by atoms with Crippen molar-refractivity contribution in [1.29, 1.82) is 0 Å². The number of carbonyl (C=O) groups is 3. The van der Waals surface area contributed by atoms with Gasteiger partial charge in [0, 0.05) is 46.0 Å². The number of halogens is 3. The standard InChI is InChI=1S/C31H31Br2IN6O5/c32-23-13-18-4-8-26(23)45-27-15-19(14-24(33)30(27)43)10-12-36-29(42)17-21(38-28(41)9-5-18)3-1-2-11-37-31(44)22-16-20(34)6-7-25(22)39-40-35/h4,6-8,13-16,21,43H,1-3,5,9-12,17H2,(H,36,42)(H,37,44)(H,38,41)/t21-/m0/s1. The van der Waals surface area contributed by atoms with Gasteiger partial charge in [0.05, 0.1) is 14.6 Å². The predicted octanol–water partition coefficient (Wildman–Crippen LogP) is 7.34. The van der Waals surface area contributed by atoms with Gasteiger partial charge in [0.25, 0.3) is 5.91 Å². The highest BCUT2D eigenvalue weighted by atomic mass is 127. The number of benzene rings is 3. The van der Waals surface area contributed by atoms with Gasteiger partial charge in [-0.05, 0) is 140 Å². The summed E-state index contributed by atoms with van der Waals surface area (Å²) in [6.45, 7) is 0.739. The van der Waals surface area contributed by atoms with Crippen LogP contribution in [-0.4, -0.2) is 42.0 Å². The van der Waals surface area contributed by atoms with E-state index in [0.29, 0.717) is 65.5 Å². The number of azide groups is 1. The van der Waals surface area contributed by atoms with Crippen LogP contribution in [-0.2, 0) is 22.4 Å². The summed E-state index contributed by atoms with van der Waals surface area (Å²) in [6, 6.07) is 13.7. The molecule has 2 aliphatic heterocycles. The number of nitrogens with zero attached hydrogens (tertiary/aromatic N) is 3. The number of unbranched alkanes of at least 4 members (excludes halogenated alkanes) is 1. The van der Waals surface area contributed by atoms with Crippen LogP contribution in [0, 0.1) is 3.57 Å². The van der Waals surface area contributed by atoms with Crippen molar-refractivity contribution in [3.8, 4) is 17.2 Å². The van der Waals surface area contributed by atoms with Crippen molar-refractivity contribution in [1.82, 2.24) is 16.0 Å². The molecule has 3 amide bonds. The largest absolute Gasteiger partial charge is 0.503 e. The van der Waals surface area contributed by atoms with E-state index in [2.05, 4.69) is 80.4 Å². The Morgan fingerprint density at radius 3 is 2.60 bits per heavy atom. The zero-order valence-corrected chi connectivity index (χ0v) is 29.4. The predicted molar refractivity (Wildman–Crippen MR) is 186 cm³/mol. The van der Waals surface area contributed by atoms with Gasteiger partial charge in [0.15, 0.2) is 11.5 Å². The highest BCUT2D eigenvalue weighted by Crippen LogP contribution is 2.40. The fourth-order valence-corrected chi connectivity index (χ4v) is 6.30. The number of phenolic OH excluding ortho intramolecular Hbond substituents is 1. The highest BCUT2D eigenvalue weighted by molar-refractivity contribution is 14.1. The number of aryl methyl sites for hydroxylation is 1. The van der Waals surface area contributed by atoms with Gasteiger partial charge in [-0.3, -0.25) is 14.4 Å². The third-order valence-corrected chi connectivity index (χ3v) is 8.99. The smallest absolute Gasteiger partial charge is 0.251 e. The van der Waals surface area contributed by atoms with E-state index in [9.17, 15) is 19.5 Å². The molecule has 4 N–H and O–H groups in total. The molecule has 0 aliphatic carbocycles. The van der Waals surface area contributed by atoms with Gasteiger partial charge in [0.2, 0.25) is 11.8 Å². The molecule has 0 aromatic heterocycles. The molecule has 4 bridgehead atoms. The number of amides is 3. The van der Waals surface area contributed by atoms with Crippen LogP contribution in [0.1, 0.15) is 53.6 Å². The number of hydrogen-bond acceptors (Lipinski definition) is 6. The first-order chi connectivity index (χ1) is 21.6. The van der Waals surface area contributed by atoms with Crippen LogP contribution in [0.4, 0.5) is 5.69 Å². The Balaban J connectivity index is 1.39. The van der Waals surface area contributed by atoms with E-state index in [1.54, 1.807) is 36.4 Å². The Morgan fingerprint density at radius 1 is 1.02 bits per heavy atom. The molecule has 3 aromatic carbocycles. The van der Waals surface area contributed by atoms with Crippen molar-refractivity contribution in [2.75, 3.05) is 13.1 Å². The van der Waals surface area contributed by atoms with Crippen LogP contribution in [0.2, 0.25) is 0 Å². The van der Waals surface area contributed by atoms with Gasteiger partial charge >= 0.3 is 0 Å². The van der Waals surface area contributed by atoms with Gasteiger partial charge < -0.3 is 25.8 Å². The Hall–Kier alpha value is -3.33. The zero-order chi connectivity index (χ0) is 32.3. The summed E-state index contributed by atoms with van der Waals surface area (Å²) in [5.74, 6) is 0.0898. The lowest BCUT2D eigenvalue weighted by atomic mass is 10.0. The lowest BCUT2D eigenvalue weighted by Gasteiger charge is -2.19. The molecule has 3 aromatic rings. The van der Waals surface area contributed by atoms with Crippen LogP contribution in [0.3, 0.4) is 0 Å². The number of aromatic hydroxyl groups is 1. The number of phenols is 1. The van der Waals surface area contributed by atoms with Crippen molar-refractivity contribution < 1.29 is 24.2 Å². The molecule has 0 unspecified atom stereocenters. The SMILES string of the molecule is [N-]=[N+]=Nc1ccc(I)cc1C(=O)NCCCC[C@H]1CC(=O)NCCc2cc(Br)c(O)c(c2)Oc2ccc(cc2Br)CCC(=O)N1. The number of ether oxygens (including phenoxy) is 1. The molecule has 2 heterocycles. The molecule has 0 saturated carbocycles. The van der Waals surface area contributed by atoms with E-state index in [4.69, 9.17) is 10.3 Å². The summed E-state index contributed by atoms with van der Waals surface area (Å²) in [5, 5.41) is 23.0. The normalized spacial score (nSPS) is 15.5. The monoisotopic (exact) mass is 852 g/mol. The average molecular weight is 854 g/mol. The maximum absolute atomic E-state index is 12.9.